The summed E-state index contributed by atoms with van der Waals surface area (Å²) in [5.41, 5.74) is 5.72. The maximum absolute atomic E-state index is 5.72. The Balaban J connectivity index is 1.90. The van der Waals surface area contributed by atoms with E-state index in [9.17, 15) is 0 Å². The molecule has 6 nitrogen and oxygen atoms in total. The predicted octanol–water partition coefficient (Wildman–Crippen LogP) is 2.27. The number of nitrogen functional groups attached to an aromatic ring is 1. The fraction of sp³-hybridized carbons (Fsp3) is 0.571. The SMILES string of the molecule is CCc1cc2c(OCCOCCCOC)nc(N)nc2s1. The molecule has 2 N–H and O–H groups in total. The molecule has 0 aliphatic carbocycles. The molecule has 2 aromatic heterocycles. The number of methoxy groups -OCH3 is 1. The number of hydrogen-bond donors (Lipinski definition) is 1. The molecule has 0 unspecified atom stereocenters. The van der Waals surface area contributed by atoms with Crippen LogP contribution in [0, 0.1) is 0 Å². The normalized spacial score (nSPS) is 11.1. The van der Waals surface area contributed by atoms with Crippen molar-refractivity contribution >= 4 is 27.5 Å². The summed E-state index contributed by atoms with van der Waals surface area (Å²) >= 11 is 1.62. The zero-order valence-electron chi connectivity index (χ0n) is 12.4. The van der Waals surface area contributed by atoms with Crippen LogP contribution in [0.25, 0.3) is 10.2 Å². The first-order valence-electron chi connectivity index (χ1n) is 7.00. The van der Waals surface area contributed by atoms with Crippen LogP contribution in [0.1, 0.15) is 18.2 Å². The van der Waals surface area contributed by atoms with Crippen LogP contribution >= 0.6 is 11.3 Å². The highest BCUT2D eigenvalue weighted by atomic mass is 32.1. The molecule has 0 fully saturated rings. The first kappa shape index (κ1) is 15.9. The number of hydrogen-bond acceptors (Lipinski definition) is 7. The molecule has 0 atom stereocenters. The van der Waals surface area contributed by atoms with E-state index < -0.39 is 0 Å². The maximum Gasteiger partial charge on any atom is 0.227 e. The molecule has 2 heterocycles. The standard InChI is InChI=1S/C14H21N3O3S/c1-3-10-9-11-12(16-14(15)17-13(11)21-10)20-8-7-19-6-4-5-18-2/h9H,3-8H2,1-2H3,(H2,15,16,17). The third kappa shape index (κ3) is 4.52. The zero-order chi connectivity index (χ0) is 15.1. The summed E-state index contributed by atoms with van der Waals surface area (Å²) < 4.78 is 16.1. The van der Waals surface area contributed by atoms with Crippen LogP contribution < -0.4 is 10.5 Å². The van der Waals surface area contributed by atoms with E-state index in [4.69, 9.17) is 19.9 Å². The molecule has 116 valence electrons. The molecule has 7 heteroatoms. The van der Waals surface area contributed by atoms with Gasteiger partial charge in [-0.2, -0.15) is 4.98 Å². The van der Waals surface area contributed by atoms with Gasteiger partial charge in [-0.3, -0.25) is 0 Å². The molecule has 0 aliphatic heterocycles. The Labute approximate surface area is 128 Å². The summed E-state index contributed by atoms with van der Waals surface area (Å²) in [7, 11) is 1.68. The van der Waals surface area contributed by atoms with E-state index in [0.717, 1.165) is 23.1 Å². The number of nitrogens with zero attached hydrogens (tertiary/aromatic N) is 2. The maximum atomic E-state index is 5.72. The summed E-state index contributed by atoms with van der Waals surface area (Å²) in [4.78, 5) is 10.5. The smallest absolute Gasteiger partial charge is 0.227 e. The summed E-state index contributed by atoms with van der Waals surface area (Å²) in [6, 6.07) is 2.06. The highest BCUT2D eigenvalue weighted by Crippen LogP contribution is 2.31. The van der Waals surface area contributed by atoms with Gasteiger partial charge in [0, 0.05) is 25.2 Å². The van der Waals surface area contributed by atoms with Crippen LogP contribution in [0.15, 0.2) is 6.07 Å². The van der Waals surface area contributed by atoms with Gasteiger partial charge in [-0.15, -0.1) is 11.3 Å². The van der Waals surface area contributed by atoms with E-state index in [-0.39, 0.29) is 5.95 Å². The predicted molar refractivity (Wildman–Crippen MR) is 84.0 cm³/mol. The van der Waals surface area contributed by atoms with Crippen molar-refractivity contribution in [3.05, 3.63) is 10.9 Å². The van der Waals surface area contributed by atoms with E-state index in [1.54, 1.807) is 18.4 Å². The zero-order valence-corrected chi connectivity index (χ0v) is 13.2. The molecule has 21 heavy (non-hydrogen) atoms. The molecule has 2 rings (SSSR count). The van der Waals surface area contributed by atoms with Crippen LogP contribution in [-0.2, 0) is 15.9 Å². The highest BCUT2D eigenvalue weighted by Gasteiger charge is 2.11. The number of aryl methyl sites for hydroxylation is 1. The van der Waals surface area contributed by atoms with Gasteiger partial charge in [0.25, 0.3) is 0 Å². The van der Waals surface area contributed by atoms with Crippen molar-refractivity contribution in [2.75, 3.05) is 39.3 Å². The lowest BCUT2D eigenvalue weighted by molar-refractivity contribution is 0.0800. The molecule has 0 aromatic carbocycles. The summed E-state index contributed by atoms with van der Waals surface area (Å²) in [6.07, 6.45) is 1.84. The quantitative estimate of drug-likeness (QED) is 0.716. The number of fused-ring (bicyclic) bond motifs is 1. The largest absolute Gasteiger partial charge is 0.475 e. The second-order valence-corrected chi connectivity index (χ2v) is 5.59. The van der Waals surface area contributed by atoms with Gasteiger partial charge in [0.2, 0.25) is 11.8 Å². The minimum Gasteiger partial charge on any atom is -0.475 e. The fourth-order valence-corrected chi connectivity index (χ4v) is 2.81. The summed E-state index contributed by atoms with van der Waals surface area (Å²) in [5, 5.41) is 0.922. The average Bonchev–Trinajstić information content (AvgIpc) is 2.89. The van der Waals surface area contributed by atoms with Crippen molar-refractivity contribution in [2.45, 2.75) is 19.8 Å². The van der Waals surface area contributed by atoms with Crippen LogP contribution in [0.5, 0.6) is 5.88 Å². The lowest BCUT2D eigenvalue weighted by Gasteiger charge is -2.07. The van der Waals surface area contributed by atoms with Gasteiger partial charge >= 0.3 is 0 Å². The van der Waals surface area contributed by atoms with E-state index in [1.165, 1.54) is 4.88 Å². The Bertz CT molecular complexity index is 574. The van der Waals surface area contributed by atoms with Gasteiger partial charge in [-0.05, 0) is 18.9 Å². The third-order valence-electron chi connectivity index (χ3n) is 2.88. The summed E-state index contributed by atoms with van der Waals surface area (Å²) in [5.74, 6) is 0.775. The van der Waals surface area contributed by atoms with E-state index >= 15 is 0 Å². The van der Waals surface area contributed by atoms with Crippen LogP contribution in [0.3, 0.4) is 0 Å². The summed E-state index contributed by atoms with van der Waals surface area (Å²) in [6.45, 7) is 4.43. The van der Waals surface area contributed by atoms with E-state index in [2.05, 4.69) is 23.0 Å². The molecule has 0 saturated heterocycles. The van der Waals surface area contributed by atoms with Gasteiger partial charge in [-0.1, -0.05) is 6.92 Å². The number of nitrogens with two attached hydrogens (primary N) is 1. The van der Waals surface area contributed by atoms with Gasteiger partial charge in [-0.25, -0.2) is 4.98 Å². The number of thiophene rings is 1. The molecular formula is C14H21N3O3S. The molecular weight excluding hydrogens is 290 g/mol. The first-order valence-corrected chi connectivity index (χ1v) is 7.81. The van der Waals surface area contributed by atoms with Crippen molar-refractivity contribution in [3.8, 4) is 5.88 Å². The van der Waals surface area contributed by atoms with Crippen molar-refractivity contribution < 1.29 is 14.2 Å². The molecule has 2 aromatic rings. The molecule has 0 radical (unpaired) electrons. The fourth-order valence-electron chi connectivity index (χ4n) is 1.85. The minimum absolute atomic E-state index is 0.239. The van der Waals surface area contributed by atoms with Crippen LogP contribution in [0.4, 0.5) is 5.95 Å². The first-order chi connectivity index (χ1) is 10.2. The van der Waals surface area contributed by atoms with Crippen molar-refractivity contribution in [1.29, 1.82) is 0 Å². The molecule has 0 saturated carbocycles. The Morgan fingerprint density at radius 3 is 2.81 bits per heavy atom. The van der Waals surface area contributed by atoms with Crippen LogP contribution in [-0.4, -0.2) is 43.5 Å². The van der Waals surface area contributed by atoms with Gasteiger partial charge < -0.3 is 19.9 Å². The second-order valence-electron chi connectivity index (χ2n) is 4.48. The van der Waals surface area contributed by atoms with Crippen molar-refractivity contribution in [2.24, 2.45) is 0 Å². The molecule has 0 aliphatic rings. The monoisotopic (exact) mass is 311 g/mol. The highest BCUT2D eigenvalue weighted by molar-refractivity contribution is 7.18. The van der Waals surface area contributed by atoms with Crippen LogP contribution in [0.2, 0.25) is 0 Å². The third-order valence-corrected chi connectivity index (χ3v) is 4.05. The molecule has 0 spiro atoms. The van der Waals surface area contributed by atoms with Gasteiger partial charge in [0.05, 0.1) is 12.0 Å². The van der Waals surface area contributed by atoms with Gasteiger partial charge in [0.1, 0.15) is 11.4 Å². The Morgan fingerprint density at radius 2 is 2.05 bits per heavy atom. The van der Waals surface area contributed by atoms with Gasteiger partial charge in [0.15, 0.2) is 0 Å². The number of aromatic nitrogens is 2. The van der Waals surface area contributed by atoms with E-state index in [0.29, 0.717) is 32.3 Å². The second kappa shape index (κ2) is 8.11. The Hall–Kier alpha value is -1.44. The lowest BCUT2D eigenvalue weighted by atomic mass is 10.3. The molecule has 0 bridgehead atoms. The molecule has 0 amide bonds. The number of rotatable bonds is 9. The number of ether oxygens (including phenoxy) is 3. The topological polar surface area (TPSA) is 79.5 Å². The Morgan fingerprint density at radius 1 is 1.19 bits per heavy atom. The van der Waals surface area contributed by atoms with Crippen molar-refractivity contribution in [3.63, 3.8) is 0 Å². The Kier molecular flexibility index (Phi) is 6.16. The number of anilines is 1. The minimum atomic E-state index is 0.239. The van der Waals surface area contributed by atoms with Crippen molar-refractivity contribution in [1.82, 2.24) is 9.97 Å². The lowest BCUT2D eigenvalue weighted by Crippen LogP contribution is -2.10. The van der Waals surface area contributed by atoms with E-state index in [1.807, 2.05) is 0 Å². The average molecular weight is 311 g/mol.